The standard InChI is InChI=1S/C17H24N2O6S/c1-17(2,3)25-16(21)14-12(15(20)24-4)10-13(18-14)19-26(22,23)11-8-6-5-7-9-11/h5-9,12-14,18-19H,10H2,1-4H3. The van der Waals surface area contributed by atoms with Crippen molar-refractivity contribution in [2.75, 3.05) is 7.11 Å². The first-order chi connectivity index (χ1) is 12.0. The number of benzene rings is 1. The Balaban J connectivity index is 2.17. The number of esters is 2. The second kappa shape index (κ2) is 7.73. The molecule has 0 amide bonds. The highest BCUT2D eigenvalue weighted by atomic mass is 32.2. The van der Waals surface area contributed by atoms with E-state index in [0.29, 0.717) is 0 Å². The van der Waals surface area contributed by atoms with Crippen molar-refractivity contribution in [3.63, 3.8) is 0 Å². The molecule has 2 rings (SSSR count). The van der Waals surface area contributed by atoms with Crippen LogP contribution in [-0.2, 0) is 29.1 Å². The van der Waals surface area contributed by atoms with Crippen LogP contribution >= 0.6 is 0 Å². The summed E-state index contributed by atoms with van der Waals surface area (Å²) >= 11 is 0. The fourth-order valence-electron chi connectivity index (χ4n) is 2.71. The van der Waals surface area contributed by atoms with Crippen molar-refractivity contribution in [1.82, 2.24) is 10.0 Å². The summed E-state index contributed by atoms with van der Waals surface area (Å²) in [5.74, 6) is -2.08. The van der Waals surface area contributed by atoms with Crippen molar-refractivity contribution in [2.24, 2.45) is 5.92 Å². The van der Waals surface area contributed by atoms with Crippen molar-refractivity contribution in [3.05, 3.63) is 30.3 Å². The minimum Gasteiger partial charge on any atom is -0.469 e. The smallest absolute Gasteiger partial charge is 0.324 e. The highest BCUT2D eigenvalue weighted by Crippen LogP contribution is 2.25. The third-order valence-corrected chi connectivity index (χ3v) is 5.28. The average Bonchev–Trinajstić information content (AvgIpc) is 2.96. The Bertz CT molecular complexity index is 757. The number of carbonyl (C=O) groups excluding carboxylic acids is 2. The molecular weight excluding hydrogens is 360 g/mol. The van der Waals surface area contributed by atoms with Gasteiger partial charge in [0.25, 0.3) is 0 Å². The lowest BCUT2D eigenvalue weighted by Crippen LogP contribution is -2.48. The molecule has 1 aromatic rings. The van der Waals surface area contributed by atoms with Gasteiger partial charge in [0, 0.05) is 0 Å². The molecule has 1 aliphatic heterocycles. The minimum atomic E-state index is -3.80. The molecule has 0 saturated carbocycles. The van der Waals surface area contributed by atoms with E-state index in [1.807, 2.05) is 0 Å². The molecule has 3 atom stereocenters. The lowest BCUT2D eigenvalue weighted by Gasteiger charge is -2.24. The lowest BCUT2D eigenvalue weighted by atomic mass is 10.0. The fraction of sp³-hybridized carbons (Fsp3) is 0.529. The van der Waals surface area contributed by atoms with E-state index in [0.717, 1.165) is 0 Å². The molecule has 26 heavy (non-hydrogen) atoms. The van der Waals surface area contributed by atoms with E-state index in [2.05, 4.69) is 10.0 Å². The lowest BCUT2D eigenvalue weighted by molar-refractivity contribution is -0.162. The quantitative estimate of drug-likeness (QED) is 0.722. The van der Waals surface area contributed by atoms with Crippen LogP contribution < -0.4 is 10.0 Å². The van der Waals surface area contributed by atoms with E-state index in [-0.39, 0.29) is 11.3 Å². The Morgan fingerprint density at radius 2 is 1.77 bits per heavy atom. The van der Waals surface area contributed by atoms with Crippen molar-refractivity contribution >= 4 is 22.0 Å². The van der Waals surface area contributed by atoms with Crippen LogP contribution in [0.25, 0.3) is 0 Å². The topological polar surface area (TPSA) is 111 Å². The van der Waals surface area contributed by atoms with Gasteiger partial charge in [-0.25, -0.2) is 8.42 Å². The Morgan fingerprint density at radius 1 is 1.15 bits per heavy atom. The molecule has 0 bridgehead atoms. The maximum absolute atomic E-state index is 12.5. The van der Waals surface area contributed by atoms with Crippen molar-refractivity contribution in [1.29, 1.82) is 0 Å². The molecule has 2 N–H and O–H groups in total. The Kier molecular flexibility index (Phi) is 6.05. The summed E-state index contributed by atoms with van der Waals surface area (Å²) in [7, 11) is -2.58. The van der Waals surface area contributed by atoms with E-state index in [1.54, 1.807) is 39.0 Å². The number of carbonyl (C=O) groups is 2. The molecule has 0 aliphatic carbocycles. The van der Waals surface area contributed by atoms with E-state index in [9.17, 15) is 18.0 Å². The first-order valence-corrected chi connectivity index (χ1v) is 9.66. The Morgan fingerprint density at radius 3 is 2.31 bits per heavy atom. The monoisotopic (exact) mass is 384 g/mol. The Labute approximate surface area is 153 Å². The van der Waals surface area contributed by atoms with Crippen LogP contribution in [0.15, 0.2) is 35.2 Å². The van der Waals surface area contributed by atoms with Gasteiger partial charge in [-0.2, -0.15) is 4.72 Å². The molecule has 9 heteroatoms. The van der Waals surface area contributed by atoms with Gasteiger partial charge in [-0.05, 0) is 39.3 Å². The fourth-order valence-corrected chi connectivity index (χ4v) is 3.90. The number of hydrogen-bond donors (Lipinski definition) is 2. The van der Waals surface area contributed by atoms with Gasteiger partial charge in [0.15, 0.2) is 0 Å². The molecule has 1 fully saturated rings. The summed E-state index contributed by atoms with van der Waals surface area (Å²) in [4.78, 5) is 24.5. The summed E-state index contributed by atoms with van der Waals surface area (Å²) < 4.78 is 37.5. The van der Waals surface area contributed by atoms with Crippen molar-refractivity contribution < 1.29 is 27.5 Å². The van der Waals surface area contributed by atoms with Crippen LogP contribution in [0.4, 0.5) is 0 Å². The molecule has 8 nitrogen and oxygen atoms in total. The third-order valence-electron chi connectivity index (χ3n) is 3.79. The van der Waals surface area contributed by atoms with Crippen LogP contribution in [0.3, 0.4) is 0 Å². The van der Waals surface area contributed by atoms with Crippen LogP contribution in [0.2, 0.25) is 0 Å². The van der Waals surface area contributed by atoms with Gasteiger partial charge >= 0.3 is 11.9 Å². The minimum absolute atomic E-state index is 0.0721. The number of rotatable bonds is 5. The molecule has 1 aromatic carbocycles. The zero-order valence-corrected chi connectivity index (χ0v) is 16.0. The summed E-state index contributed by atoms with van der Waals surface area (Å²) in [6, 6.07) is 6.85. The zero-order chi connectivity index (χ0) is 19.5. The van der Waals surface area contributed by atoms with E-state index >= 15 is 0 Å². The van der Waals surface area contributed by atoms with Crippen LogP contribution in [0.5, 0.6) is 0 Å². The molecule has 3 unspecified atom stereocenters. The zero-order valence-electron chi connectivity index (χ0n) is 15.2. The second-order valence-electron chi connectivity index (χ2n) is 7.03. The normalized spacial score (nSPS) is 23.5. The number of hydrogen-bond acceptors (Lipinski definition) is 7. The third kappa shape index (κ3) is 5.03. The summed E-state index contributed by atoms with van der Waals surface area (Å²) in [5, 5.41) is 2.84. The number of ether oxygens (including phenoxy) is 2. The van der Waals surface area contributed by atoms with Crippen molar-refractivity contribution in [2.45, 2.75) is 49.9 Å². The summed E-state index contributed by atoms with van der Waals surface area (Å²) in [6.07, 6.45) is -0.732. The molecule has 1 heterocycles. The molecule has 1 aliphatic rings. The van der Waals surface area contributed by atoms with Gasteiger partial charge in [-0.1, -0.05) is 18.2 Å². The largest absolute Gasteiger partial charge is 0.469 e. The highest BCUT2D eigenvalue weighted by molar-refractivity contribution is 7.89. The number of nitrogens with one attached hydrogen (secondary N) is 2. The first-order valence-electron chi connectivity index (χ1n) is 8.17. The van der Waals surface area contributed by atoms with Crippen molar-refractivity contribution in [3.8, 4) is 0 Å². The molecule has 0 radical (unpaired) electrons. The molecule has 0 aromatic heterocycles. The first kappa shape index (κ1) is 20.3. The molecule has 144 valence electrons. The summed E-state index contributed by atoms with van der Waals surface area (Å²) in [5.41, 5.74) is -0.735. The predicted molar refractivity (Wildman–Crippen MR) is 93.4 cm³/mol. The maximum Gasteiger partial charge on any atom is 0.324 e. The van der Waals surface area contributed by atoms with Crippen LogP contribution in [0.1, 0.15) is 27.2 Å². The van der Waals surface area contributed by atoms with Crippen LogP contribution in [0, 0.1) is 5.92 Å². The molecular formula is C17H24N2O6S. The van der Waals surface area contributed by atoms with E-state index < -0.39 is 45.7 Å². The number of methoxy groups -OCH3 is 1. The van der Waals surface area contributed by atoms with Gasteiger partial charge < -0.3 is 9.47 Å². The SMILES string of the molecule is COC(=O)C1CC(NS(=O)(=O)c2ccccc2)NC1C(=O)OC(C)(C)C. The van der Waals surface area contributed by atoms with Crippen LogP contribution in [-0.4, -0.2) is 45.3 Å². The van der Waals surface area contributed by atoms with E-state index in [4.69, 9.17) is 9.47 Å². The predicted octanol–water partition coefficient (Wildman–Crippen LogP) is 0.784. The van der Waals surface area contributed by atoms with Gasteiger partial charge in [-0.15, -0.1) is 0 Å². The van der Waals surface area contributed by atoms with Gasteiger partial charge in [0.1, 0.15) is 11.6 Å². The van der Waals surface area contributed by atoms with Gasteiger partial charge in [-0.3, -0.25) is 14.9 Å². The average molecular weight is 384 g/mol. The molecule has 0 spiro atoms. The van der Waals surface area contributed by atoms with E-state index in [1.165, 1.54) is 19.2 Å². The number of sulfonamides is 1. The van der Waals surface area contributed by atoms with Gasteiger partial charge in [0.2, 0.25) is 10.0 Å². The summed E-state index contributed by atoms with van der Waals surface area (Å²) in [6.45, 7) is 5.13. The van der Waals surface area contributed by atoms with Gasteiger partial charge in [0.05, 0.1) is 24.1 Å². The highest BCUT2D eigenvalue weighted by Gasteiger charge is 2.46. The second-order valence-corrected chi connectivity index (χ2v) is 8.74. The molecule has 1 saturated heterocycles. The maximum atomic E-state index is 12.5. The Hall–Kier alpha value is -1.97.